The molecule has 0 atom stereocenters. The van der Waals surface area contributed by atoms with Crippen molar-refractivity contribution in [3.8, 4) is 0 Å². The molecule has 0 amide bonds. The molecule has 4 aromatic rings. The molecule has 0 saturated heterocycles. The summed E-state index contributed by atoms with van der Waals surface area (Å²) in [7, 11) is 0. The highest BCUT2D eigenvalue weighted by Crippen LogP contribution is 2.23. The average molecular weight is 336 g/mol. The van der Waals surface area contributed by atoms with E-state index in [9.17, 15) is 4.79 Å². The SMILES string of the molecule is O=C(/C(=C/c1ccccn1)c1ccc2ccccc2n1)c1ccccc1. The predicted octanol–water partition coefficient (Wildman–Crippen LogP) is 5.05. The van der Waals surface area contributed by atoms with Crippen LogP contribution >= 0.6 is 0 Å². The van der Waals surface area contributed by atoms with E-state index >= 15 is 0 Å². The van der Waals surface area contributed by atoms with E-state index in [1.807, 2.05) is 84.9 Å². The lowest BCUT2D eigenvalue weighted by atomic mass is 9.98. The molecule has 0 aliphatic rings. The maximum Gasteiger partial charge on any atom is 0.195 e. The van der Waals surface area contributed by atoms with Gasteiger partial charge < -0.3 is 0 Å². The summed E-state index contributed by atoms with van der Waals surface area (Å²) in [5.74, 6) is -0.0703. The standard InChI is InChI=1S/C23H16N2O/c26-23(18-9-2-1-3-10-18)20(16-19-11-6-7-15-24-19)22-14-13-17-8-4-5-12-21(17)25-22/h1-16H/b20-16+. The molecular weight excluding hydrogens is 320 g/mol. The minimum absolute atomic E-state index is 0.0703. The fraction of sp³-hybridized carbons (Fsp3) is 0. The summed E-state index contributed by atoms with van der Waals surface area (Å²) < 4.78 is 0. The number of para-hydroxylation sites is 1. The zero-order valence-electron chi connectivity index (χ0n) is 14.0. The Morgan fingerprint density at radius 3 is 2.35 bits per heavy atom. The fourth-order valence-corrected chi connectivity index (χ4v) is 2.83. The van der Waals surface area contributed by atoms with Gasteiger partial charge in [-0.1, -0.05) is 60.7 Å². The van der Waals surface area contributed by atoms with Crippen LogP contribution in [0.2, 0.25) is 0 Å². The van der Waals surface area contributed by atoms with Gasteiger partial charge >= 0.3 is 0 Å². The highest BCUT2D eigenvalue weighted by atomic mass is 16.1. The third-order valence-electron chi connectivity index (χ3n) is 4.13. The second-order valence-corrected chi connectivity index (χ2v) is 5.90. The van der Waals surface area contributed by atoms with Gasteiger partial charge in [0.05, 0.1) is 22.5 Å². The number of benzene rings is 2. The van der Waals surface area contributed by atoms with Crippen LogP contribution in [0.15, 0.2) is 91.1 Å². The summed E-state index contributed by atoms with van der Waals surface area (Å²) in [6.45, 7) is 0. The van der Waals surface area contributed by atoms with Crippen molar-refractivity contribution < 1.29 is 4.79 Å². The molecule has 0 N–H and O–H groups in total. The van der Waals surface area contributed by atoms with E-state index in [4.69, 9.17) is 4.98 Å². The van der Waals surface area contributed by atoms with Crippen LogP contribution in [0.1, 0.15) is 21.7 Å². The second kappa shape index (κ2) is 7.11. The minimum Gasteiger partial charge on any atom is -0.289 e. The van der Waals surface area contributed by atoms with Crippen molar-refractivity contribution >= 4 is 28.3 Å². The van der Waals surface area contributed by atoms with Crippen molar-refractivity contribution in [1.29, 1.82) is 0 Å². The van der Waals surface area contributed by atoms with Gasteiger partial charge in [-0.2, -0.15) is 0 Å². The van der Waals surface area contributed by atoms with Crippen LogP contribution in [0.3, 0.4) is 0 Å². The van der Waals surface area contributed by atoms with E-state index in [-0.39, 0.29) is 5.78 Å². The molecule has 3 nitrogen and oxygen atoms in total. The number of allylic oxidation sites excluding steroid dienone is 1. The lowest BCUT2D eigenvalue weighted by Crippen LogP contribution is -2.04. The van der Waals surface area contributed by atoms with Crippen molar-refractivity contribution in [2.24, 2.45) is 0 Å². The van der Waals surface area contributed by atoms with Crippen LogP contribution in [0.5, 0.6) is 0 Å². The molecular formula is C23H16N2O. The van der Waals surface area contributed by atoms with Crippen molar-refractivity contribution in [3.63, 3.8) is 0 Å². The van der Waals surface area contributed by atoms with Gasteiger partial charge in [-0.05, 0) is 30.3 Å². The van der Waals surface area contributed by atoms with Crippen LogP contribution in [0.25, 0.3) is 22.6 Å². The third kappa shape index (κ3) is 3.28. The summed E-state index contributed by atoms with van der Waals surface area (Å²) in [5.41, 5.74) is 3.38. The number of rotatable bonds is 4. The fourth-order valence-electron chi connectivity index (χ4n) is 2.83. The molecule has 2 aromatic heterocycles. The van der Waals surface area contributed by atoms with Crippen LogP contribution in [0.4, 0.5) is 0 Å². The summed E-state index contributed by atoms with van der Waals surface area (Å²) in [6.07, 6.45) is 3.51. The van der Waals surface area contributed by atoms with E-state index in [1.54, 1.807) is 12.3 Å². The first-order valence-electron chi connectivity index (χ1n) is 8.40. The van der Waals surface area contributed by atoms with E-state index in [0.717, 1.165) is 16.6 Å². The topological polar surface area (TPSA) is 42.9 Å². The molecule has 2 aromatic carbocycles. The van der Waals surface area contributed by atoms with Crippen molar-refractivity contribution in [2.45, 2.75) is 0 Å². The molecule has 0 saturated carbocycles. The van der Waals surface area contributed by atoms with Gasteiger partial charge in [-0.25, -0.2) is 4.98 Å². The summed E-state index contributed by atoms with van der Waals surface area (Å²) >= 11 is 0. The Morgan fingerprint density at radius 1 is 0.769 bits per heavy atom. The number of carbonyl (C=O) groups is 1. The molecule has 0 aliphatic heterocycles. The molecule has 0 aliphatic carbocycles. The van der Waals surface area contributed by atoms with Gasteiger partial charge in [-0.3, -0.25) is 9.78 Å². The third-order valence-corrected chi connectivity index (χ3v) is 4.13. The maximum absolute atomic E-state index is 13.1. The van der Waals surface area contributed by atoms with Crippen molar-refractivity contribution in [2.75, 3.05) is 0 Å². The number of Topliss-reactive ketones (excluding diaryl/α,β-unsaturated/α-hetero) is 1. The molecule has 0 bridgehead atoms. The van der Waals surface area contributed by atoms with Gasteiger partial charge in [0.25, 0.3) is 0 Å². The molecule has 3 heteroatoms. The number of hydrogen-bond donors (Lipinski definition) is 0. The molecule has 2 heterocycles. The average Bonchev–Trinajstić information content (AvgIpc) is 2.72. The molecule has 0 radical (unpaired) electrons. The molecule has 4 rings (SSSR count). The second-order valence-electron chi connectivity index (χ2n) is 5.90. The predicted molar refractivity (Wildman–Crippen MR) is 105 cm³/mol. The maximum atomic E-state index is 13.1. The number of ketones is 1. The Bertz CT molecular complexity index is 1090. The van der Waals surface area contributed by atoms with E-state index in [2.05, 4.69) is 4.98 Å². The normalized spacial score (nSPS) is 11.5. The van der Waals surface area contributed by atoms with E-state index < -0.39 is 0 Å². The van der Waals surface area contributed by atoms with E-state index in [1.165, 1.54) is 0 Å². The van der Waals surface area contributed by atoms with Crippen LogP contribution < -0.4 is 0 Å². The Balaban J connectivity index is 1.87. The highest BCUT2D eigenvalue weighted by Gasteiger charge is 2.16. The van der Waals surface area contributed by atoms with Crippen LogP contribution in [-0.2, 0) is 0 Å². The lowest BCUT2D eigenvalue weighted by molar-refractivity contribution is 0.105. The number of carbonyl (C=O) groups excluding carboxylic acids is 1. The molecule has 0 spiro atoms. The monoisotopic (exact) mass is 336 g/mol. The largest absolute Gasteiger partial charge is 0.289 e. The van der Waals surface area contributed by atoms with E-state index in [0.29, 0.717) is 16.8 Å². The summed E-state index contributed by atoms with van der Waals surface area (Å²) in [6, 6.07) is 26.6. The zero-order chi connectivity index (χ0) is 17.8. The minimum atomic E-state index is -0.0703. The zero-order valence-corrected chi connectivity index (χ0v) is 14.0. The smallest absolute Gasteiger partial charge is 0.195 e. The van der Waals surface area contributed by atoms with Crippen LogP contribution in [0, 0.1) is 0 Å². The van der Waals surface area contributed by atoms with Crippen LogP contribution in [-0.4, -0.2) is 15.8 Å². The molecule has 124 valence electrons. The van der Waals surface area contributed by atoms with Crippen molar-refractivity contribution in [3.05, 3.63) is 108 Å². The Hall–Kier alpha value is -3.59. The number of pyridine rings is 2. The lowest BCUT2D eigenvalue weighted by Gasteiger charge is -2.08. The molecule has 0 fully saturated rings. The summed E-state index contributed by atoms with van der Waals surface area (Å²) in [4.78, 5) is 22.2. The van der Waals surface area contributed by atoms with Gasteiger partial charge in [0.2, 0.25) is 0 Å². The number of fused-ring (bicyclic) bond motifs is 1. The molecule has 0 unspecified atom stereocenters. The quantitative estimate of drug-likeness (QED) is 0.387. The van der Waals surface area contributed by atoms with Gasteiger partial charge in [0.15, 0.2) is 5.78 Å². The van der Waals surface area contributed by atoms with Gasteiger partial charge in [-0.15, -0.1) is 0 Å². The first-order chi connectivity index (χ1) is 12.8. The van der Waals surface area contributed by atoms with Gasteiger partial charge in [0.1, 0.15) is 0 Å². The number of hydrogen-bond acceptors (Lipinski definition) is 3. The Kier molecular flexibility index (Phi) is 4.35. The van der Waals surface area contributed by atoms with Crippen molar-refractivity contribution in [1.82, 2.24) is 9.97 Å². The van der Waals surface area contributed by atoms with Gasteiger partial charge in [0, 0.05) is 17.1 Å². The number of nitrogens with zero attached hydrogens (tertiary/aromatic N) is 2. The number of aromatic nitrogens is 2. The first kappa shape index (κ1) is 15.9. The summed E-state index contributed by atoms with van der Waals surface area (Å²) in [5, 5.41) is 1.04. The Morgan fingerprint density at radius 2 is 1.54 bits per heavy atom. The Labute approximate surface area is 151 Å². The first-order valence-corrected chi connectivity index (χ1v) is 8.40. The highest BCUT2D eigenvalue weighted by molar-refractivity contribution is 6.32. The molecule has 26 heavy (non-hydrogen) atoms.